The van der Waals surface area contributed by atoms with Crippen molar-refractivity contribution in [1.82, 2.24) is 14.7 Å². The van der Waals surface area contributed by atoms with Crippen molar-refractivity contribution in [3.05, 3.63) is 57.8 Å². The first-order valence-electron chi connectivity index (χ1n) is 10.3. The summed E-state index contributed by atoms with van der Waals surface area (Å²) in [4.78, 5) is 32.1. The van der Waals surface area contributed by atoms with Gasteiger partial charge < -0.3 is 19.4 Å². The van der Waals surface area contributed by atoms with Crippen LogP contribution in [0.15, 0.2) is 41.8 Å². The van der Waals surface area contributed by atoms with Gasteiger partial charge in [-0.1, -0.05) is 30.3 Å². The van der Waals surface area contributed by atoms with E-state index in [1.165, 1.54) is 15.3 Å². The summed E-state index contributed by atoms with van der Waals surface area (Å²) in [5, 5.41) is 2.05. The molecule has 1 heterocycles. The van der Waals surface area contributed by atoms with Crippen molar-refractivity contribution in [3.8, 4) is 0 Å². The number of amides is 3. The van der Waals surface area contributed by atoms with Crippen LogP contribution in [0.4, 0.5) is 4.79 Å². The SMILES string of the molecule is CCOCCCN(CC(=O)N(Cc1ccccc1)Cc1sccc1C)C(=O)N(C)C. The average molecular weight is 432 g/mol. The Hall–Kier alpha value is -2.38. The van der Waals surface area contributed by atoms with Gasteiger partial charge in [0.15, 0.2) is 0 Å². The van der Waals surface area contributed by atoms with E-state index < -0.39 is 0 Å². The highest BCUT2D eigenvalue weighted by molar-refractivity contribution is 7.10. The zero-order valence-electron chi connectivity index (χ0n) is 18.5. The van der Waals surface area contributed by atoms with Gasteiger partial charge in [-0.2, -0.15) is 0 Å². The lowest BCUT2D eigenvalue weighted by Crippen LogP contribution is -2.46. The normalized spacial score (nSPS) is 10.7. The minimum absolute atomic E-state index is 0.0559. The molecule has 0 bridgehead atoms. The summed E-state index contributed by atoms with van der Waals surface area (Å²) >= 11 is 1.66. The van der Waals surface area contributed by atoms with E-state index in [0.29, 0.717) is 39.3 Å². The van der Waals surface area contributed by atoms with Crippen molar-refractivity contribution in [3.63, 3.8) is 0 Å². The summed E-state index contributed by atoms with van der Waals surface area (Å²) in [7, 11) is 3.41. The van der Waals surface area contributed by atoms with Crippen molar-refractivity contribution < 1.29 is 14.3 Å². The molecular weight excluding hydrogens is 398 g/mol. The van der Waals surface area contributed by atoms with E-state index in [9.17, 15) is 9.59 Å². The third kappa shape index (κ3) is 7.46. The van der Waals surface area contributed by atoms with Gasteiger partial charge in [0, 0.05) is 45.3 Å². The van der Waals surface area contributed by atoms with Gasteiger partial charge in [0.25, 0.3) is 0 Å². The molecule has 0 radical (unpaired) electrons. The highest BCUT2D eigenvalue weighted by Gasteiger charge is 2.23. The number of rotatable bonds is 11. The minimum Gasteiger partial charge on any atom is -0.382 e. The first-order valence-corrected chi connectivity index (χ1v) is 11.2. The molecule has 2 rings (SSSR count). The van der Waals surface area contributed by atoms with E-state index in [1.807, 2.05) is 47.5 Å². The number of thiophene rings is 1. The number of hydrogen-bond acceptors (Lipinski definition) is 4. The highest BCUT2D eigenvalue weighted by Crippen LogP contribution is 2.19. The summed E-state index contributed by atoms with van der Waals surface area (Å²) in [6.07, 6.45) is 0.698. The van der Waals surface area contributed by atoms with Gasteiger partial charge in [-0.3, -0.25) is 4.79 Å². The Bertz CT molecular complexity index is 792. The number of carbonyl (C=O) groups is 2. The number of ether oxygens (including phenoxy) is 1. The Morgan fingerprint density at radius 1 is 1.03 bits per heavy atom. The van der Waals surface area contributed by atoms with Crippen LogP contribution in [0.1, 0.15) is 29.3 Å². The van der Waals surface area contributed by atoms with Gasteiger partial charge in [0.2, 0.25) is 5.91 Å². The van der Waals surface area contributed by atoms with Crippen LogP contribution in [0.25, 0.3) is 0 Å². The molecule has 0 aliphatic carbocycles. The van der Waals surface area contributed by atoms with Gasteiger partial charge in [0.05, 0.1) is 6.54 Å². The molecule has 0 saturated heterocycles. The van der Waals surface area contributed by atoms with Gasteiger partial charge in [0.1, 0.15) is 6.54 Å². The molecule has 1 aromatic carbocycles. The molecule has 3 amide bonds. The highest BCUT2D eigenvalue weighted by atomic mass is 32.1. The summed E-state index contributed by atoms with van der Waals surface area (Å²) in [5.74, 6) is -0.0572. The largest absolute Gasteiger partial charge is 0.382 e. The average Bonchev–Trinajstić information content (AvgIpc) is 3.14. The van der Waals surface area contributed by atoms with Crippen LogP contribution in [0.5, 0.6) is 0 Å². The van der Waals surface area contributed by atoms with Crippen LogP contribution in [0.3, 0.4) is 0 Å². The van der Waals surface area contributed by atoms with Crippen molar-refractivity contribution in [1.29, 1.82) is 0 Å². The zero-order chi connectivity index (χ0) is 21.9. The molecule has 164 valence electrons. The summed E-state index contributed by atoms with van der Waals surface area (Å²) in [6.45, 7) is 6.82. The fourth-order valence-electron chi connectivity index (χ4n) is 3.07. The molecule has 0 fully saturated rings. The lowest BCUT2D eigenvalue weighted by atomic mass is 10.2. The van der Waals surface area contributed by atoms with Crippen LogP contribution < -0.4 is 0 Å². The zero-order valence-corrected chi connectivity index (χ0v) is 19.3. The smallest absolute Gasteiger partial charge is 0.319 e. The summed E-state index contributed by atoms with van der Waals surface area (Å²) < 4.78 is 5.39. The van der Waals surface area contributed by atoms with Gasteiger partial charge in [-0.05, 0) is 42.8 Å². The number of aryl methyl sites for hydroxylation is 1. The Kier molecular flexibility index (Phi) is 9.83. The van der Waals surface area contributed by atoms with Crippen LogP contribution >= 0.6 is 11.3 Å². The minimum atomic E-state index is -0.160. The summed E-state index contributed by atoms with van der Waals surface area (Å²) in [6, 6.07) is 11.9. The van der Waals surface area contributed by atoms with E-state index in [-0.39, 0.29) is 18.5 Å². The maximum absolute atomic E-state index is 13.3. The Labute approximate surface area is 184 Å². The third-order valence-corrected chi connectivity index (χ3v) is 5.78. The topological polar surface area (TPSA) is 53.1 Å². The Morgan fingerprint density at radius 3 is 2.37 bits per heavy atom. The van der Waals surface area contributed by atoms with Crippen LogP contribution in [-0.4, -0.2) is 67.0 Å². The number of carbonyl (C=O) groups excluding carboxylic acids is 2. The standard InChI is InChI=1S/C23H33N3O3S/c1-5-29-14-9-13-25(23(28)24(3)4)18-22(27)26(16-20-10-7-6-8-11-20)17-21-19(2)12-15-30-21/h6-8,10-12,15H,5,9,13-14,16-18H2,1-4H3. The number of urea groups is 1. The van der Waals surface area contributed by atoms with Crippen molar-refractivity contribution >= 4 is 23.3 Å². The predicted octanol–water partition coefficient (Wildman–Crippen LogP) is 4.00. The van der Waals surface area contributed by atoms with E-state index in [0.717, 1.165) is 5.56 Å². The van der Waals surface area contributed by atoms with E-state index in [2.05, 4.69) is 13.0 Å². The molecular formula is C23H33N3O3S. The number of nitrogens with zero attached hydrogens (tertiary/aromatic N) is 3. The molecule has 0 spiro atoms. The van der Waals surface area contributed by atoms with Gasteiger partial charge >= 0.3 is 6.03 Å². The van der Waals surface area contributed by atoms with Crippen molar-refractivity contribution in [2.75, 3.05) is 40.4 Å². The fraction of sp³-hybridized carbons (Fsp3) is 0.478. The van der Waals surface area contributed by atoms with E-state index in [1.54, 1.807) is 30.3 Å². The quantitative estimate of drug-likeness (QED) is 0.506. The molecule has 30 heavy (non-hydrogen) atoms. The molecule has 0 N–H and O–H groups in total. The predicted molar refractivity (Wildman–Crippen MR) is 122 cm³/mol. The maximum atomic E-state index is 13.3. The van der Waals surface area contributed by atoms with Gasteiger partial charge in [-0.15, -0.1) is 11.3 Å². The molecule has 7 heteroatoms. The molecule has 6 nitrogen and oxygen atoms in total. The number of benzene rings is 1. The molecule has 2 aromatic rings. The second-order valence-corrected chi connectivity index (χ2v) is 8.41. The molecule has 0 aliphatic rings. The molecule has 0 aliphatic heterocycles. The first-order chi connectivity index (χ1) is 14.4. The second kappa shape index (κ2) is 12.3. The maximum Gasteiger partial charge on any atom is 0.319 e. The number of hydrogen-bond donors (Lipinski definition) is 0. The second-order valence-electron chi connectivity index (χ2n) is 7.41. The van der Waals surface area contributed by atoms with E-state index in [4.69, 9.17) is 4.74 Å². The summed E-state index contributed by atoms with van der Waals surface area (Å²) in [5.41, 5.74) is 2.26. The Balaban J connectivity index is 2.14. The van der Waals surface area contributed by atoms with Gasteiger partial charge in [-0.25, -0.2) is 4.79 Å². The van der Waals surface area contributed by atoms with E-state index >= 15 is 0 Å². The van der Waals surface area contributed by atoms with Crippen molar-refractivity contribution in [2.45, 2.75) is 33.4 Å². The van der Waals surface area contributed by atoms with Crippen LogP contribution in [-0.2, 0) is 22.6 Å². The Morgan fingerprint density at radius 2 is 1.77 bits per heavy atom. The van der Waals surface area contributed by atoms with Crippen molar-refractivity contribution in [2.24, 2.45) is 0 Å². The van der Waals surface area contributed by atoms with Crippen LogP contribution in [0, 0.1) is 6.92 Å². The lowest BCUT2D eigenvalue weighted by Gasteiger charge is -2.29. The molecule has 0 atom stereocenters. The first kappa shape index (κ1) is 23.9. The third-order valence-electron chi connectivity index (χ3n) is 4.77. The lowest BCUT2D eigenvalue weighted by molar-refractivity contribution is -0.133. The molecule has 1 aromatic heterocycles. The fourth-order valence-corrected chi connectivity index (χ4v) is 3.99. The van der Waals surface area contributed by atoms with Crippen LogP contribution in [0.2, 0.25) is 0 Å². The monoisotopic (exact) mass is 431 g/mol. The molecule has 0 saturated carbocycles. The molecule has 0 unspecified atom stereocenters.